The quantitative estimate of drug-likeness (QED) is 0.304. The molecule has 0 saturated carbocycles. The number of aromatic nitrogens is 2. The topological polar surface area (TPSA) is 130 Å². The van der Waals surface area contributed by atoms with Gasteiger partial charge in [-0.05, 0) is 36.8 Å². The minimum atomic E-state index is -0.697. The van der Waals surface area contributed by atoms with E-state index >= 15 is 0 Å². The van der Waals surface area contributed by atoms with Crippen molar-refractivity contribution in [2.45, 2.75) is 26.4 Å². The third kappa shape index (κ3) is 4.59. The molecule has 1 aliphatic heterocycles. The average molecular weight is 495 g/mol. The molecule has 1 aliphatic rings. The van der Waals surface area contributed by atoms with Crippen molar-refractivity contribution in [1.29, 1.82) is 0 Å². The molecular formula is C25H25N3O8. The summed E-state index contributed by atoms with van der Waals surface area (Å²) >= 11 is 0. The number of esters is 1. The summed E-state index contributed by atoms with van der Waals surface area (Å²) in [5.41, 5.74) is 1.12. The predicted molar refractivity (Wildman–Crippen MR) is 125 cm³/mol. The van der Waals surface area contributed by atoms with Gasteiger partial charge in [0.1, 0.15) is 0 Å². The normalized spacial score (nSPS) is 12.5. The van der Waals surface area contributed by atoms with Crippen molar-refractivity contribution in [2.24, 2.45) is 0 Å². The van der Waals surface area contributed by atoms with Gasteiger partial charge in [0, 0.05) is 12.1 Å². The van der Waals surface area contributed by atoms with E-state index < -0.39 is 11.9 Å². The summed E-state index contributed by atoms with van der Waals surface area (Å²) in [4.78, 5) is 38.9. The summed E-state index contributed by atoms with van der Waals surface area (Å²) in [6.45, 7) is 2.03. The lowest BCUT2D eigenvalue weighted by atomic mass is 10.1. The molecule has 0 atom stereocenters. The van der Waals surface area contributed by atoms with Crippen LogP contribution in [0.15, 0.2) is 34.7 Å². The van der Waals surface area contributed by atoms with E-state index in [0.717, 1.165) is 6.42 Å². The molecule has 0 aliphatic carbocycles. The van der Waals surface area contributed by atoms with Crippen LogP contribution < -0.4 is 14.2 Å². The van der Waals surface area contributed by atoms with E-state index in [2.05, 4.69) is 10.2 Å². The van der Waals surface area contributed by atoms with Gasteiger partial charge >= 0.3 is 5.97 Å². The molecule has 11 nitrogen and oxygen atoms in total. The molecule has 3 aromatic rings. The van der Waals surface area contributed by atoms with Crippen LogP contribution in [0.1, 0.15) is 56.7 Å². The third-order valence-corrected chi connectivity index (χ3v) is 5.65. The molecular weight excluding hydrogens is 470 g/mol. The number of hydrogen-bond acceptors (Lipinski definition) is 10. The molecule has 188 valence electrons. The van der Waals surface area contributed by atoms with Gasteiger partial charge in [0.2, 0.25) is 11.6 Å². The smallest absolute Gasteiger partial charge is 0.338 e. The lowest BCUT2D eigenvalue weighted by Gasteiger charge is -2.12. The number of unbranched alkanes of at least 4 members (excludes halogenated alkanes) is 1. The highest BCUT2D eigenvalue weighted by molar-refractivity contribution is 6.21. The first kappa shape index (κ1) is 24.7. The van der Waals surface area contributed by atoms with Crippen LogP contribution in [-0.4, -0.2) is 60.8 Å². The summed E-state index contributed by atoms with van der Waals surface area (Å²) in [6.07, 6.45) is 1.56. The number of carbonyl (C=O) groups excluding carboxylic acids is 3. The molecule has 2 amide bonds. The number of fused-ring (bicyclic) bond motifs is 1. The number of carbonyl (C=O) groups is 3. The fourth-order valence-corrected chi connectivity index (χ4v) is 3.78. The maximum atomic E-state index is 12.6. The molecule has 0 saturated heterocycles. The number of amides is 2. The van der Waals surface area contributed by atoms with Crippen LogP contribution in [0.3, 0.4) is 0 Å². The van der Waals surface area contributed by atoms with Gasteiger partial charge in [-0.15, -0.1) is 10.2 Å². The van der Waals surface area contributed by atoms with Gasteiger partial charge in [0.15, 0.2) is 18.1 Å². The minimum absolute atomic E-state index is 0.0604. The van der Waals surface area contributed by atoms with Crippen LogP contribution in [0, 0.1) is 0 Å². The second-order valence-corrected chi connectivity index (χ2v) is 7.87. The van der Waals surface area contributed by atoms with Gasteiger partial charge in [0.25, 0.3) is 17.7 Å². The number of imide groups is 1. The standard InChI is InChI=1S/C25H25N3O8/c1-5-6-9-28-23(29)16-8-7-14(10-17(16)24(28)30)25(31)35-13-20-26-27-22(36-20)15-11-18(32-2)21(34-4)19(12-15)33-3/h7-8,10-12H,5-6,9,13H2,1-4H3. The molecule has 0 fully saturated rings. The van der Waals surface area contributed by atoms with Gasteiger partial charge in [-0.2, -0.15) is 0 Å². The summed E-state index contributed by atoms with van der Waals surface area (Å²) in [5.74, 6) is 0.00258. The van der Waals surface area contributed by atoms with Crippen molar-refractivity contribution in [3.63, 3.8) is 0 Å². The van der Waals surface area contributed by atoms with Crippen molar-refractivity contribution in [1.82, 2.24) is 15.1 Å². The van der Waals surface area contributed by atoms with Crippen molar-refractivity contribution >= 4 is 17.8 Å². The van der Waals surface area contributed by atoms with Crippen LogP contribution in [0.4, 0.5) is 0 Å². The largest absolute Gasteiger partial charge is 0.493 e. The SMILES string of the molecule is CCCCN1C(=O)c2ccc(C(=O)OCc3nnc(-c4cc(OC)c(OC)c(OC)c4)o3)cc2C1=O. The first-order chi connectivity index (χ1) is 17.4. The Kier molecular flexibility index (Phi) is 7.18. The Morgan fingerprint density at radius 2 is 1.64 bits per heavy atom. The zero-order valence-corrected chi connectivity index (χ0v) is 20.3. The zero-order valence-electron chi connectivity index (χ0n) is 20.3. The Balaban J connectivity index is 1.46. The first-order valence-electron chi connectivity index (χ1n) is 11.2. The van der Waals surface area contributed by atoms with Gasteiger partial charge in [-0.3, -0.25) is 14.5 Å². The molecule has 2 aromatic carbocycles. The number of methoxy groups -OCH3 is 3. The van der Waals surface area contributed by atoms with Crippen LogP contribution in [0.2, 0.25) is 0 Å². The highest BCUT2D eigenvalue weighted by atomic mass is 16.5. The molecule has 0 N–H and O–H groups in total. The molecule has 0 radical (unpaired) electrons. The van der Waals surface area contributed by atoms with Crippen LogP contribution in [0.5, 0.6) is 17.2 Å². The van der Waals surface area contributed by atoms with Crippen molar-refractivity contribution in [3.05, 3.63) is 52.9 Å². The first-order valence-corrected chi connectivity index (χ1v) is 11.2. The highest BCUT2D eigenvalue weighted by Gasteiger charge is 2.35. The second-order valence-electron chi connectivity index (χ2n) is 7.87. The van der Waals surface area contributed by atoms with Crippen LogP contribution in [0.25, 0.3) is 11.5 Å². The molecule has 0 unspecified atom stereocenters. The monoisotopic (exact) mass is 495 g/mol. The Labute approximate surface area is 206 Å². The van der Waals surface area contributed by atoms with Gasteiger partial charge in [0.05, 0.1) is 38.0 Å². The summed E-state index contributed by atoms with van der Waals surface area (Å²) in [6, 6.07) is 7.59. The lowest BCUT2D eigenvalue weighted by Crippen LogP contribution is -2.30. The molecule has 36 heavy (non-hydrogen) atoms. The zero-order chi connectivity index (χ0) is 25.8. The van der Waals surface area contributed by atoms with Crippen LogP contribution in [-0.2, 0) is 11.3 Å². The van der Waals surface area contributed by atoms with Gasteiger partial charge in [-0.1, -0.05) is 13.3 Å². The number of benzene rings is 2. The van der Waals surface area contributed by atoms with Crippen LogP contribution >= 0.6 is 0 Å². The van der Waals surface area contributed by atoms with E-state index in [1.807, 2.05) is 6.92 Å². The predicted octanol–water partition coefficient (Wildman–Crippen LogP) is 3.52. The molecule has 4 rings (SSSR count). The molecule has 0 bridgehead atoms. The van der Waals surface area contributed by atoms with Crippen molar-refractivity contribution in [3.8, 4) is 28.7 Å². The van der Waals surface area contributed by atoms with E-state index in [9.17, 15) is 14.4 Å². The number of rotatable bonds is 10. The van der Waals surface area contributed by atoms with E-state index in [-0.39, 0.29) is 41.0 Å². The Hall–Kier alpha value is -4.41. The number of nitrogens with zero attached hydrogens (tertiary/aromatic N) is 3. The molecule has 1 aromatic heterocycles. The maximum absolute atomic E-state index is 12.6. The Morgan fingerprint density at radius 3 is 2.28 bits per heavy atom. The highest BCUT2D eigenvalue weighted by Crippen LogP contribution is 2.40. The van der Waals surface area contributed by atoms with Crippen molar-refractivity contribution < 1.29 is 37.7 Å². The second kappa shape index (κ2) is 10.5. The lowest BCUT2D eigenvalue weighted by molar-refractivity contribution is 0.0438. The fourth-order valence-electron chi connectivity index (χ4n) is 3.78. The number of ether oxygens (including phenoxy) is 4. The van der Waals surface area contributed by atoms with Gasteiger partial charge < -0.3 is 23.4 Å². The third-order valence-electron chi connectivity index (χ3n) is 5.65. The summed E-state index contributed by atoms with van der Waals surface area (Å²) in [7, 11) is 4.48. The Morgan fingerprint density at radius 1 is 0.944 bits per heavy atom. The van der Waals surface area contributed by atoms with E-state index in [1.54, 1.807) is 12.1 Å². The Bertz CT molecular complexity index is 1290. The van der Waals surface area contributed by atoms with Crippen molar-refractivity contribution in [2.75, 3.05) is 27.9 Å². The van der Waals surface area contributed by atoms with E-state index in [0.29, 0.717) is 35.8 Å². The molecule has 2 heterocycles. The summed E-state index contributed by atoms with van der Waals surface area (Å²) < 4.78 is 26.9. The van der Waals surface area contributed by atoms with E-state index in [1.165, 1.54) is 44.4 Å². The van der Waals surface area contributed by atoms with E-state index in [4.69, 9.17) is 23.4 Å². The van der Waals surface area contributed by atoms with Gasteiger partial charge in [-0.25, -0.2) is 4.79 Å². The number of hydrogen-bond donors (Lipinski definition) is 0. The maximum Gasteiger partial charge on any atom is 0.338 e. The minimum Gasteiger partial charge on any atom is -0.493 e. The fraction of sp³-hybridized carbons (Fsp3) is 0.320. The molecule has 11 heteroatoms. The molecule has 0 spiro atoms. The average Bonchev–Trinajstić information content (AvgIpc) is 3.47. The summed E-state index contributed by atoms with van der Waals surface area (Å²) in [5, 5.41) is 7.91.